The number of hydrogen-bond donors (Lipinski definition) is 2. The molecule has 5 rings (SSSR count). The summed E-state index contributed by atoms with van der Waals surface area (Å²) in [7, 11) is 1.64. The first-order valence-electron chi connectivity index (χ1n) is 11.1. The number of ether oxygens (including phenoxy) is 1. The molecule has 2 atom stereocenters. The molecular formula is C27H23N3O4S. The highest BCUT2D eigenvalue weighted by molar-refractivity contribution is 7.80. The van der Waals surface area contributed by atoms with Gasteiger partial charge in [-0.3, -0.25) is 4.98 Å². The zero-order chi connectivity index (χ0) is 24.4. The number of thiocarbonyl (C=S) groups is 1. The summed E-state index contributed by atoms with van der Waals surface area (Å²) in [6, 6.07) is 23.7. The fraction of sp³-hybridized carbons (Fsp3) is 0.148. The molecule has 35 heavy (non-hydrogen) atoms. The topological polar surface area (TPSA) is 87.8 Å². The molecule has 0 bridgehead atoms. The van der Waals surface area contributed by atoms with Gasteiger partial charge in [-0.2, -0.15) is 0 Å². The summed E-state index contributed by atoms with van der Waals surface area (Å²) in [5, 5.41) is 13.4. The van der Waals surface area contributed by atoms with Crippen LogP contribution < -0.4 is 10.1 Å². The number of pyridine rings is 1. The number of nitrogens with one attached hydrogen (secondary N) is 1. The molecule has 0 radical (unpaired) electrons. The van der Waals surface area contributed by atoms with Crippen LogP contribution in [0.1, 0.15) is 39.5 Å². The van der Waals surface area contributed by atoms with E-state index in [1.54, 1.807) is 31.5 Å². The second kappa shape index (κ2) is 9.60. The first-order valence-corrected chi connectivity index (χ1v) is 11.5. The molecule has 0 amide bonds. The van der Waals surface area contributed by atoms with E-state index in [1.165, 1.54) is 0 Å². The normalized spacial score (nSPS) is 17.3. The largest absolute Gasteiger partial charge is 0.497 e. The van der Waals surface area contributed by atoms with Crippen molar-refractivity contribution in [1.82, 2.24) is 15.2 Å². The number of carboxylic acids is 1. The summed E-state index contributed by atoms with van der Waals surface area (Å²) in [6.07, 6.45) is 1.76. The second-order valence-electron chi connectivity index (χ2n) is 8.19. The Bertz CT molecular complexity index is 1350. The number of furan rings is 1. The van der Waals surface area contributed by atoms with Crippen molar-refractivity contribution in [3.05, 3.63) is 108 Å². The Morgan fingerprint density at radius 2 is 1.94 bits per heavy atom. The van der Waals surface area contributed by atoms with Crippen LogP contribution in [0.3, 0.4) is 0 Å². The van der Waals surface area contributed by atoms with E-state index in [4.69, 9.17) is 21.4 Å². The lowest BCUT2D eigenvalue weighted by molar-refractivity contribution is 0.0697. The molecule has 1 aliphatic heterocycles. The molecule has 4 aromatic rings. The summed E-state index contributed by atoms with van der Waals surface area (Å²) >= 11 is 5.74. The third-order valence-electron chi connectivity index (χ3n) is 6.02. The SMILES string of the molecule is COc1ccc(CN2C(=S)N[C@@H](c3ccccn3)[C@H]2c2ccc(-c3cccc(C(=O)O)c3)o2)cc1. The fourth-order valence-corrected chi connectivity index (χ4v) is 4.59. The van der Waals surface area contributed by atoms with Gasteiger partial charge in [0, 0.05) is 18.3 Å². The minimum Gasteiger partial charge on any atom is -0.497 e. The fourth-order valence-electron chi connectivity index (χ4n) is 4.28. The Morgan fingerprint density at radius 1 is 1.11 bits per heavy atom. The number of rotatable bonds is 7. The standard InChI is InChI=1S/C27H23N3O4S/c1-33-20-10-8-17(9-11-20)16-30-25(24(29-27(30)35)21-7-2-3-14-28-21)23-13-12-22(34-23)18-5-4-6-19(15-18)26(31)32/h2-15,24-25H,16H2,1H3,(H,29,35)(H,31,32)/t24-,25+/m0/s1. The number of benzene rings is 2. The molecule has 1 aliphatic rings. The highest BCUT2D eigenvalue weighted by Crippen LogP contribution is 2.41. The zero-order valence-electron chi connectivity index (χ0n) is 18.9. The Labute approximate surface area is 208 Å². The van der Waals surface area contributed by atoms with Gasteiger partial charge in [0.2, 0.25) is 0 Å². The molecule has 0 spiro atoms. The van der Waals surface area contributed by atoms with Crippen LogP contribution in [0.2, 0.25) is 0 Å². The molecule has 7 nitrogen and oxygen atoms in total. The first kappa shape index (κ1) is 22.6. The van der Waals surface area contributed by atoms with Crippen LogP contribution in [0.15, 0.2) is 89.5 Å². The molecule has 8 heteroatoms. The van der Waals surface area contributed by atoms with Gasteiger partial charge in [0.1, 0.15) is 23.3 Å². The van der Waals surface area contributed by atoms with Gasteiger partial charge in [-0.1, -0.05) is 30.3 Å². The minimum atomic E-state index is -0.982. The first-order chi connectivity index (χ1) is 17.0. The van der Waals surface area contributed by atoms with Crippen molar-refractivity contribution >= 4 is 23.3 Å². The smallest absolute Gasteiger partial charge is 0.335 e. The second-order valence-corrected chi connectivity index (χ2v) is 8.58. The predicted octanol–water partition coefficient (Wildman–Crippen LogP) is 5.22. The molecule has 2 aromatic heterocycles. The summed E-state index contributed by atoms with van der Waals surface area (Å²) in [5.74, 6) is 1.10. The molecule has 1 saturated heterocycles. The maximum atomic E-state index is 11.4. The van der Waals surface area contributed by atoms with Crippen molar-refractivity contribution in [2.75, 3.05) is 7.11 Å². The molecule has 176 valence electrons. The summed E-state index contributed by atoms with van der Waals surface area (Å²) < 4.78 is 11.6. The summed E-state index contributed by atoms with van der Waals surface area (Å²) in [6.45, 7) is 0.564. The molecule has 0 aliphatic carbocycles. The van der Waals surface area contributed by atoms with E-state index >= 15 is 0 Å². The average Bonchev–Trinajstić information content (AvgIpc) is 3.50. The number of hydrogen-bond acceptors (Lipinski definition) is 5. The lowest BCUT2D eigenvalue weighted by Gasteiger charge is -2.26. The number of aromatic nitrogens is 1. The van der Waals surface area contributed by atoms with E-state index < -0.39 is 5.97 Å². The van der Waals surface area contributed by atoms with E-state index in [0.717, 1.165) is 17.0 Å². The van der Waals surface area contributed by atoms with E-state index in [0.29, 0.717) is 28.7 Å². The van der Waals surface area contributed by atoms with Gasteiger partial charge in [0.25, 0.3) is 0 Å². The van der Waals surface area contributed by atoms with Crippen LogP contribution in [0, 0.1) is 0 Å². The third-order valence-corrected chi connectivity index (χ3v) is 6.37. The quantitative estimate of drug-likeness (QED) is 0.345. The van der Waals surface area contributed by atoms with E-state index in [2.05, 4.69) is 15.2 Å². The van der Waals surface area contributed by atoms with Crippen LogP contribution in [-0.2, 0) is 6.54 Å². The maximum Gasteiger partial charge on any atom is 0.335 e. The van der Waals surface area contributed by atoms with Gasteiger partial charge >= 0.3 is 5.97 Å². The zero-order valence-corrected chi connectivity index (χ0v) is 19.7. The molecule has 0 saturated carbocycles. The predicted molar refractivity (Wildman–Crippen MR) is 135 cm³/mol. The molecule has 3 heterocycles. The number of carboxylic acid groups (broad SMARTS) is 1. The molecule has 2 N–H and O–H groups in total. The minimum absolute atomic E-state index is 0.205. The molecule has 1 fully saturated rings. The van der Waals surface area contributed by atoms with Crippen LogP contribution in [0.5, 0.6) is 5.75 Å². The number of carbonyl (C=O) groups is 1. The summed E-state index contributed by atoms with van der Waals surface area (Å²) in [4.78, 5) is 18.1. The van der Waals surface area contributed by atoms with E-state index in [9.17, 15) is 9.90 Å². The van der Waals surface area contributed by atoms with Crippen molar-refractivity contribution in [1.29, 1.82) is 0 Å². The van der Waals surface area contributed by atoms with Crippen LogP contribution in [0.4, 0.5) is 0 Å². The Hall–Kier alpha value is -4.17. The van der Waals surface area contributed by atoms with Crippen molar-refractivity contribution < 1.29 is 19.1 Å². The molecule has 2 aromatic carbocycles. The van der Waals surface area contributed by atoms with Crippen molar-refractivity contribution in [2.45, 2.75) is 18.6 Å². The molecule has 0 unspecified atom stereocenters. The third kappa shape index (κ3) is 4.61. The van der Waals surface area contributed by atoms with Gasteiger partial charge in [0.15, 0.2) is 5.11 Å². The van der Waals surface area contributed by atoms with E-state index in [-0.39, 0.29) is 17.6 Å². The van der Waals surface area contributed by atoms with Gasteiger partial charge in [-0.05, 0) is 66.3 Å². The lowest BCUT2D eigenvalue weighted by atomic mass is 10.0. The lowest BCUT2D eigenvalue weighted by Crippen LogP contribution is -2.29. The average molecular weight is 486 g/mol. The molecular weight excluding hydrogens is 462 g/mol. The Morgan fingerprint density at radius 3 is 2.66 bits per heavy atom. The van der Waals surface area contributed by atoms with Gasteiger partial charge in [-0.25, -0.2) is 4.79 Å². The number of nitrogens with zero attached hydrogens (tertiary/aromatic N) is 2. The number of aromatic carboxylic acids is 1. The van der Waals surface area contributed by atoms with Crippen molar-refractivity contribution in [3.8, 4) is 17.1 Å². The van der Waals surface area contributed by atoms with Crippen LogP contribution in [-0.4, -0.2) is 33.2 Å². The van der Waals surface area contributed by atoms with Crippen LogP contribution >= 0.6 is 12.2 Å². The Kier molecular flexibility index (Phi) is 6.20. The maximum absolute atomic E-state index is 11.4. The van der Waals surface area contributed by atoms with Gasteiger partial charge in [-0.15, -0.1) is 0 Å². The van der Waals surface area contributed by atoms with E-state index in [1.807, 2.05) is 60.7 Å². The highest BCUT2D eigenvalue weighted by Gasteiger charge is 2.41. The summed E-state index contributed by atoms with van der Waals surface area (Å²) in [5.41, 5.74) is 2.82. The highest BCUT2D eigenvalue weighted by atomic mass is 32.1. The van der Waals surface area contributed by atoms with Crippen molar-refractivity contribution in [3.63, 3.8) is 0 Å². The monoisotopic (exact) mass is 485 g/mol. The van der Waals surface area contributed by atoms with Gasteiger partial charge in [0.05, 0.1) is 24.4 Å². The number of methoxy groups -OCH3 is 1. The van der Waals surface area contributed by atoms with Crippen molar-refractivity contribution in [2.24, 2.45) is 0 Å². The Balaban J connectivity index is 1.51. The van der Waals surface area contributed by atoms with Crippen LogP contribution in [0.25, 0.3) is 11.3 Å². The van der Waals surface area contributed by atoms with Gasteiger partial charge < -0.3 is 24.5 Å².